The van der Waals surface area contributed by atoms with E-state index in [4.69, 9.17) is 24.9 Å². The zero-order chi connectivity index (χ0) is 22.3. The predicted octanol–water partition coefficient (Wildman–Crippen LogP) is 1.30. The summed E-state index contributed by atoms with van der Waals surface area (Å²) in [5.41, 5.74) is 5.32. The van der Waals surface area contributed by atoms with Crippen molar-refractivity contribution in [2.75, 3.05) is 23.6 Å². The lowest BCUT2D eigenvalue weighted by atomic mass is 9.99. The van der Waals surface area contributed by atoms with Gasteiger partial charge in [0.25, 0.3) is 0 Å². The first kappa shape index (κ1) is 2.26. The van der Waals surface area contributed by atoms with E-state index in [1.807, 2.05) is 0 Å². The van der Waals surface area contributed by atoms with Crippen molar-refractivity contribution in [1.29, 1.82) is 0 Å². The number of nitrogen functional groups attached to an aromatic ring is 1. The van der Waals surface area contributed by atoms with Crippen LogP contribution in [0.2, 0.25) is 0 Å². The van der Waals surface area contributed by atoms with E-state index in [2.05, 4.69) is 9.97 Å². The molecule has 0 spiro atoms. The molecule has 1 saturated heterocycles. The zero-order valence-corrected chi connectivity index (χ0v) is 6.92. The van der Waals surface area contributed by atoms with Gasteiger partial charge in [0, 0.05) is 29.4 Å². The molecule has 2 heterocycles. The summed E-state index contributed by atoms with van der Waals surface area (Å²) < 4.78 is 110. The van der Waals surface area contributed by atoms with E-state index >= 15 is 0 Å². The fourth-order valence-electron chi connectivity index (χ4n) is 0.759. The third-order valence-electron chi connectivity index (χ3n) is 1.35. The van der Waals surface area contributed by atoms with Gasteiger partial charge >= 0.3 is 0 Å². The van der Waals surface area contributed by atoms with Gasteiger partial charge in [0.2, 0.25) is 0 Å². The highest BCUT2D eigenvalue weighted by Gasteiger charge is 2.16. The smallest absolute Gasteiger partial charge is 0.147 e. The molecule has 4 heteroatoms. The van der Waals surface area contributed by atoms with Crippen molar-refractivity contribution in [3.8, 4) is 0 Å². The second kappa shape index (κ2) is 3.82. The lowest BCUT2D eigenvalue weighted by molar-refractivity contribution is 0.436. The van der Waals surface area contributed by atoms with E-state index in [1.165, 1.54) is 0 Å². The SMILES string of the molecule is [2H]c1nc(N2C([2H])([2H])C([2H])([2H])C([2H])(C([2H])([2H])[2H])C([2H])([2H])C2([2H])[2H])c([2H])nc1N. The predicted molar refractivity (Wildman–Crippen MR) is 57.1 cm³/mol. The summed E-state index contributed by atoms with van der Waals surface area (Å²) in [6.07, 6.45) is -9.47. The van der Waals surface area contributed by atoms with Crippen LogP contribution in [0.25, 0.3) is 0 Å². The van der Waals surface area contributed by atoms with Gasteiger partial charge in [-0.3, -0.25) is 0 Å². The van der Waals surface area contributed by atoms with Gasteiger partial charge in [0.05, 0.1) is 15.1 Å². The Kier molecular flexibility index (Phi) is 0.616. The summed E-state index contributed by atoms with van der Waals surface area (Å²) in [5, 5.41) is 0. The summed E-state index contributed by atoms with van der Waals surface area (Å²) in [6.45, 7) is -11.2. The van der Waals surface area contributed by atoms with Crippen molar-refractivity contribution in [2.24, 2.45) is 5.89 Å². The number of nitrogens with zero attached hydrogens (tertiary/aromatic N) is 3. The molecule has 0 atom stereocenters. The molecule has 1 aliphatic heterocycles. The zero-order valence-electron chi connectivity index (χ0n) is 20.9. The van der Waals surface area contributed by atoms with Crippen molar-refractivity contribution in [1.82, 2.24) is 9.97 Å². The van der Waals surface area contributed by atoms with E-state index in [9.17, 15) is 0 Å². The van der Waals surface area contributed by atoms with E-state index in [0.29, 0.717) is 0 Å². The van der Waals surface area contributed by atoms with Crippen LogP contribution in [0.1, 0.15) is 38.8 Å². The molecule has 0 amide bonds. The monoisotopic (exact) mass is 206 g/mol. The maximum Gasteiger partial charge on any atom is 0.147 e. The molecule has 14 heavy (non-hydrogen) atoms. The third-order valence-corrected chi connectivity index (χ3v) is 1.35. The van der Waals surface area contributed by atoms with Gasteiger partial charge in [-0.25, -0.2) is 9.97 Å². The Morgan fingerprint density at radius 3 is 3.14 bits per heavy atom. The van der Waals surface area contributed by atoms with Crippen molar-refractivity contribution in [2.45, 2.75) is 19.6 Å². The van der Waals surface area contributed by atoms with E-state index < -0.39 is 62.5 Å². The highest BCUT2D eigenvalue weighted by atomic mass is 15.2. The highest BCUT2D eigenvalue weighted by Crippen LogP contribution is 2.20. The van der Waals surface area contributed by atoms with Crippen LogP contribution in [0.3, 0.4) is 0 Å². The Bertz CT molecular complexity index is 774. The first-order valence-corrected chi connectivity index (χ1v) is 3.60. The Morgan fingerprint density at radius 1 is 1.64 bits per heavy atom. The molecule has 4 nitrogen and oxygen atoms in total. The van der Waals surface area contributed by atoms with Gasteiger partial charge in [-0.05, 0) is 18.6 Å². The fraction of sp³-hybridized carbons (Fsp3) is 0.600. The number of piperidine rings is 1. The average Bonchev–Trinajstić information content (AvgIpc) is 2.48. The lowest BCUT2D eigenvalue weighted by Crippen LogP contribution is -2.33. The number of hydrogen-bond acceptors (Lipinski definition) is 4. The van der Waals surface area contributed by atoms with Crippen molar-refractivity contribution >= 4 is 11.6 Å². The van der Waals surface area contributed by atoms with Crippen LogP contribution in [-0.4, -0.2) is 23.0 Å². The summed E-state index contributed by atoms with van der Waals surface area (Å²) in [7, 11) is 0. The van der Waals surface area contributed by atoms with Gasteiger partial charge in [0.15, 0.2) is 0 Å². The van der Waals surface area contributed by atoms with Crippen molar-refractivity contribution < 1.29 is 19.2 Å². The minimum atomic E-state index is -3.89. The van der Waals surface area contributed by atoms with Crippen molar-refractivity contribution in [3.63, 3.8) is 0 Å². The molecular formula is C10H16N4. The lowest BCUT2D eigenvalue weighted by Gasteiger charge is -2.30. The molecule has 1 aliphatic rings. The Labute approximate surface area is 104 Å². The molecule has 0 bridgehead atoms. The Hall–Kier alpha value is -1.32. The number of anilines is 2. The largest absolute Gasteiger partial charge is 0.382 e. The maximum absolute atomic E-state index is 8.11. The standard InChI is InChI=1S/C10H16N4/c1-8-2-4-14(5-3-8)10-7-12-9(11)6-13-10/h6-8H,2-5H2,1H3,(H2,11,12)/i1D3,2D2,3D2,4D2,5D2,6D,7D,8D. The second-order valence-corrected chi connectivity index (χ2v) is 2.34. The van der Waals surface area contributed by atoms with E-state index in [1.54, 1.807) is 0 Å². The minimum absolute atomic E-state index is 0.217. The van der Waals surface area contributed by atoms with E-state index in [-0.39, 0.29) is 4.90 Å². The molecule has 0 unspecified atom stereocenters. The first-order valence-electron chi connectivity index (χ1n) is 10.6. The summed E-state index contributed by atoms with van der Waals surface area (Å²) in [5.74, 6) is -5.51. The molecule has 0 aliphatic carbocycles. The topological polar surface area (TPSA) is 55.0 Å². The molecule has 1 fully saturated rings. The number of nitrogens with two attached hydrogens (primary N) is 1. The van der Waals surface area contributed by atoms with E-state index in [0.717, 1.165) is 0 Å². The molecule has 1 aromatic heterocycles. The normalized spacial score (nSPS) is 50.7. The van der Waals surface area contributed by atoms with Gasteiger partial charge in [-0.15, -0.1) is 0 Å². The molecule has 2 N–H and O–H groups in total. The van der Waals surface area contributed by atoms with Crippen LogP contribution < -0.4 is 10.6 Å². The average molecular weight is 206 g/mol. The quantitative estimate of drug-likeness (QED) is 0.752. The Balaban J connectivity index is 2.95. The molecule has 2 rings (SSSR count). The second-order valence-electron chi connectivity index (χ2n) is 2.34. The molecule has 0 aromatic carbocycles. The number of aromatic nitrogens is 2. The molecular weight excluding hydrogens is 176 g/mol. The van der Waals surface area contributed by atoms with Crippen LogP contribution in [0.4, 0.5) is 11.6 Å². The number of hydrogen-bond donors (Lipinski definition) is 1. The third kappa shape index (κ3) is 1.95. The van der Waals surface area contributed by atoms with Crippen LogP contribution in [0.15, 0.2) is 12.3 Å². The molecule has 76 valence electrons. The molecule has 0 radical (unpaired) electrons. The molecule has 1 aromatic rings. The van der Waals surface area contributed by atoms with Crippen LogP contribution >= 0.6 is 0 Å². The Morgan fingerprint density at radius 2 is 2.43 bits per heavy atom. The summed E-state index contributed by atoms with van der Waals surface area (Å²) >= 11 is 0. The minimum Gasteiger partial charge on any atom is -0.382 e. The van der Waals surface area contributed by atoms with Crippen LogP contribution in [-0.2, 0) is 0 Å². The van der Waals surface area contributed by atoms with Gasteiger partial charge in [-0.1, -0.05) is 6.85 Å². The maximum atomic E-state index is 8.11. The first-order chi connectivity index (χ1) is 12.2. The number of rotatable bonds is 1. The van der Waals surface area contributed by atoms with Crippen molar-refractivity contribution in [3.05, 3.63) is 12.3 Å². The summed E-state index contributed by atoms with van der Waals surface area (Å²) in [4.78, 5) is 6.59. The van der Waals surface area contributed by atoms with Crippen LogP contribution in [0, 0.1) is 5.89 Å². The summed E-state index contributed by atoms with van der Waals surface area (Å²) in [6, 6.07) is 0. The van der Waals surface area contributed by atoms with Gasteiger partial charge in [-0.2, -0.15) is 0 Å². The molecule has 0 saturated carbocycles. The fourth-order valence-corrected chi connectivity index (χ4v) is 0.759. The highest BCUT2D eigenvalue weighted by molar-refractivity contribution is 5.39. The van der Waals surface area contributed by atoms with Gasteiger partial charge < -0.3 is 10.6 Å². The van der Waals surface area contributed by atoms with Crippen LogP contribution in [0.5, 0.6) is 0 Å². The van der Waals surface area contributed by atoms with Gasteiger partial charge in [0.1, 0.15) is 11.6 Å².